The molecule has 56 valence electrons. The molecule has 0 radical (unpaired) electrons. The van der Waals surface area contributed by atoms with Crippen molar-refractivity contribution in [3.05, 3.63) is 0 Å². The summed E-state index contributed by atoms with van der Waals surface area (Å²) in [4.78, 5) is 13.2. The average Bonchev–Trinajstić information content (AvgIpc) is 2.36. The first kappa shape index (κ1) is 6.53. The van der Waals surface area contributed by atoms with E-state index in [1.54, 1.807) is 11.8 Å². The Morgan fingerprint density at radius 1 is 1.60 bits per heavy atom. The first-order valence-electron chi connectivity index (χ1n) is 3.75. The number of thioether (sulfide) groups is 1. The molecule has 0 spiro atoms. The van der Waals surface area contributed by atoms with E-state index in [0.717, 1.165) is 12.3 Å². The highest BCUT2D eigenvalue weighted by Crippen LogP contribution is 2.25. The quantitative estimate of drug-likeness (QED) is 0.516. The molecule has 2 fully saturated rings. The van der Waals surface area contributed by atoms with Crippen molar-refractivity contribution in [3.8, 4) is 0 Å². The second-order valence-corrected chi connectivity index (χ2v) is 3.93. The van der Waals surface area contributed by atoms with E-state index in [9.17, 15) is 4.79 Å². The summed E-state index contributed by atoms with van der Waals surface area (Å²) in [6, 6.07) is 0.589. The van der Waals surface area contributed by atoms with Crippen molar-refractivity contribution in [2.45, 2.75) is 18.9 Å². The van der Waals surface area contributed by atoms with Gasteiger partial charge in [0.25, 0.3) is 0 Å². The van der Waals surface area contributed by atoms with Gasteiger partial charge in [0.15, 0.2) is 0 Å². The van der Waals surface area contributed by atoms with E-state index in [4.69, 9.17) is 0 Å². The van der Waals surface area contributed by atoms with Gasteiger partial charge < -0.3 is 4.90 Å². The van der Waals surface area contributed by atoms with E-state index in [2.05, 4.69) is 4.90 Å². The normalized spacial score (nSPS) is 32.6. The van der Waals surface area contributed by atoms with Crippen molar-refractivity contribution >= 4 is 17.7 Å². The number of hydrogen-bond donors (Lipinski definition) is 0. The Labute approximate surface area is 65.0 Å². The molecule has 0 aromatic rings. The summed E-state index contributed by atoms with van der Waals surface area (Å²) >= 11 is 1.79. The second-order valence-electron chi connectivity index (χ2n) is 2.90. The number of fused-ring (bicyclic) bond motifs is 1. The lowest BCUT2D eigenvalue weighted by Gasteiger charge is -2.28. The molecule has 2 heterocycles. The van der Waals surface area contributed by atoms with Gasteiger partial charge in [-0.2, -0.15) is 0 Å². The van der Waals surface area contributed by atoms with Crippen LogP contribution < -0.4 is 0 Å². The van der Waals surface area contributed by atoms with Crippen LogP contribution in [0.1, 0.15) is 12.8 Å². The van der Waals surface area contributed by atoms with Crippen LogP contribution in [-0.4, -0.2) is 34.9 Å². The Morgan fingerprint density at radius 3 is 3.30 bits per heavy atom. The number of carbonyl (C=O) groups is 1. The van der Waals surface area contributed by atoms with Crippen molar-refractivity contribution in [1.82, 2.24) is 4.90 Å². The molecular weight excluding hydrogens is 146 g/mol. The summed E-state index contributed by atoms with van der Waals surface area (Å²) in [5.41, 5.74) is 0. The van der Waals surface area contributed by atoms with Gasteiger partial charge in [-0.05, 0) is 12.8 Å². The molecule has 1 amide bonds. The molecule has 0 aromatic carbocycles. The minimum absolute atomic E-state index is 0.360. The maximum atomic E-state index is 11.2. The molecule has 2 aliphatic heterocycles. The Bertz CT molecular complexity index is 160. The van der Waals surface area contributed by atoms with Gasteiger partial charge in [0.2, 0.25) is 5.91 Å². The molecule has 10 heavy (non-hydrogen) atoms. The van der Waals surface area contributed by atoms with Gasteiger partial charge in [0, 0.05) is 18.3 Å². The van der Waals surface area contributed by atoms with Crippen LogP contribution in [-0.2, 0) is 4.79 Å². The van der Waals surface area contributed by atoms with Crippen molar-refractivity contribution in [2.24, 2.45) is 0 Å². The number of hydrogen-bond acceptors (Lipinski definition) is 2. The zero-order valence-corrected chi connectivity index (χ0v) is 6.69. The van der Waals surface area contributed by atoms with E-state index in [-0.39, 0.29) is 0 Å². The summed E-state index contributed by atoms with van der Waals surface area (Å²) in [5, 5.41) is 0. The van der Waals surface area contributed by atoms with Crippen LogP contribution in [0.15, 0.2) is 0 Å². The Balaban J connectivity index is 2.10. The van der Waals surface area contributed by atoms with Crippen LogP contribution in [0.4, 0.5) is 0 Å². The topological polar surface area (TPSA) is 20.3 Å². The van der Waals surface area contributed by atoms with E-state index in [0.29, 0.717) is 11.9 Å². The monoisotopic (exact) mass is 157 g/mol. The fourth-order valence-electron chi connectivity index (χ4n) is 1.70. The molecule has 2 nitrogen and oxygen atoms in total. The third-order valence-corrected chi connectivity index (χ3v) is 3.30. The highest BCUT2D eigenvalue weighted by molar-refractivity contribution is 8.00. The predicted octanol–water partition coefficient (Wildman–Crippen LogP) is 0.724. The van der Waals surface area contributed by atoms with Gasteiger partial charge in [-0.3, -0.25) is 4.79 Å². The van der Waals surface area contributed by atoms with Gasteiger partial charge in [-0.1, -0.05) is 0 Å². The van der Waals surface area contributed by atoms with Crippen LogP contribution >= 0.6 is 11.8 Å². The van der Waals surface area contributed by atoms with E-state index >= 15 is 0 Å². The Morgan fingerprint density at radius 2 is 2.50 bits per heavy atom. The lowest BCUT2D eigenvalue weighted by molar-refractivity contribution is -0.129. The molecule has 0 bridgehead atoms. The maximum absolute atomic E-state index is 11.2. The summed E-state index contributed by atoms with van der Waals surface area (Å²) in [5.74, 6) is 2.25. The second kappa shape index (κ2) is 2.46. The molecule has 2 aliphatic rings. The molecule has 0 aliphatic carbocycles. The summed E-state index contributed by atoms with van der Waals surface area (Å²) < 4.78 is 0. The van der Waals surface area contributed by atoms with Crippen molar-refractivity contribution in [3.63, 3.8) is 0 Å². The van der Waals surface area contributed by atoms with Gasteiger partial charge in [-0.15, -0.1) is 11.8 Å². The number of carbonyl (C=O) groups excluding carboxylic acids is 1. The average molecular weight is 157 g/mol. The fourth-order valence-corrected chi connectivity index (χ4v) is 2.78. The molecule has 0 aromatic heterocycles. The first-order valence-corrected chi connectivity index (χ1v) is 4.90. The van der Waals surface area contributed by atoms with E-state index in [1.165, 1.54) is 18.6 Å². The molecule has 0 saturated carbocycles. The predicted molar refractivity (Wildman–Crippen MR) is 42.1 cm³/mol. The molecule has 0 N–H and O–H groups in total. The molecule has 1 atom stereocenters. The molecular formula is C7H11NOS. The molecule has 2 saturated heterocycles. The molecule has 3 heteroatoms. The standard InChI is InChI=1S/C7H11NOS/c9-7-5-10-4-6-2-1-3-8(6)7/h6H,1-5H2. The zero-order valence-electron chi connectivity index (χ0n) is 5.88. The van der Waals surface area contributed by atoms with Crippen molar-refractivity contribution in [2.75, 3.05) is 18.1 Å². The lowest BCUT2D eigenvalue weighted by atomic mass is 10.2. The minimum atomic E-state index is 0.360. The largest absolute Gasteiger partial charge is 0.338 e. The van der Waals surface area contributed by atoms with Crippen LogP contribution in [0, 0.1) is 0 Å². The Hall–Kier alpha value is -0.180. The molecule has 1 unspecified atom stereocenters. The van der Waals surface area contributed by atoms with E-state index in [1.807, 2.05) is 0 Å². The summed E-state index contributed by atoms with van der Waals surface area (Å²) in [6.45, 7) is 1.02. The summed E-state index contributed by atoms with van der Waals surface area (Å²) in [7, 11) is 0. The summed E-state index contributed by atoms with van der Waals surface area (Å²) in [6.07, 6.45) is 2.45. The van der Waals surface area contributed by atoms with E-state index < -0.39 is 0 Å². The third-order valence-electron chi connectivity index (χ3n) is 2.23. The number of nitrogens with zero attached hydrogens (tertiary/aromatic N) is 1. The van der Waals surface area contributed by atoms with Gasteiger partial charge in [0.1, 0.15) is 0 Å². The molecule has 2 rings (SSSR count). The fraction of sp³-hybridized carbons (Fsp3) is 0.857. The highest BCUT2D eigenvalue weighted by Gasteiger charge is 2.31. The smallest absolute Gasteiger partial charge is 0.232 e. The number of amides is 1. The van der Waals surface area contributed by atoms with Gasteiger partial charge in [0.05, 0.1) is 5.75 Å². The van der Waals surface area contributed by atoms with Crippen LogP contribution in [0.2, 0.25) is 0 Å². The van der Waals surface area contributed by atoms with Crippen LogP contribution in [0.5, 0.6) is 0 Å². The van der Waals surface area contributed by atoms with Gasteiger partial charge >= 0.3 is 0 Å². The SMILES string of the molecule is O=C1CSCC2CCCN12. The Kier molecular flexibility index (Phi) is 1.60. The zero-order chi connectivity index (χ0) is 6.97. The number of rotatable bonds is 0. The lowest BCUT2D eigenvalue weighted by Crippen LogP contribution is -2.41. The van der Waals surface area contributed by atoms with Gasteiger partial charge in [-0.25, -0.2) is 0 Å². The first-order chi connectivity index (χ1) is 4.88. The third kappa shape index (κ3) is 0.926. The maximum Gasteiger partial charge on any atom is 0.232 e. The minimum Gasteiger partial charge on any atom is -0.338 e. The highest BCUT2D eigenvalue weighted by atomic mass is 32.2. The van der Waals surface area contributed by atoms with Crippen molar-refractivity contribution < 1.29 is 4.79 Å². The van der Waals surface area contributed by atoms with Crippen molar-refractivity contribution in [1.29, 1.82) is 0 Å². The van der Waals surface area contributed by atoms with Crippen LogP contribution in [0.3, 0.4) is 0 Å². The van der Waals surface area contributed by atoms with Crippen LogP contribution in [0.25, 0.3) is 0 Å².